The van der Waals surface area contributed by atoms with Crippen LogP contribution in [-0.2, 0) is 17.6 Å². The maximum atomic E-state index is 12.7. The summed E-state index contributed by atoms with van der Waals surface area (Å²) < 4.78 is 11.7. The highest BCUT2D eigenvalue weighted by molar-refractivity contribution is 5.80. The first-order valence-electron chi connectivity index (χ1n) is 11.7. The van der Waals surface area contributed by atoms with Gasteiger partial charge >= 0.3 is 5.63 Å². The van der Waals surface area contributed by atoms with Gasteiger partial charge < -0.3 is 9.15 Å². The minimum atomic E-state index is -0.414. The van der Waals surface area contributed by atoms with E-state index < -0.39 is 5.63 Å². The quantitative estimate of drug-likeness (QED) is 0.376. The third-order valence-electron chi connectivity index (χ3n) is 6.21. The number of fused-ring (bicyclic) bond motifs is 2. The maximum Gasteiger partial charge on any atom is 0.343 e. The summed E-state index contributed by atoms with van der Waals surface area (Å²) in [4.78, 5) is 12.7. The smallest absolute Gasteiger partial charge is 0.343 e. The molecule has 1 aromatic heterocycles. The molecule has 0 N–H and O–H groups in total. The molecule has 4 rings (SSSR count). The van der Waals surface area contributed by atoms with Crippen LogP contribution in [0.3, 0.4) is 0 Å². The van der Waals surface area contributed by atoms with Gasteiger partial charge in [0.25, 0.3) is 0 Å². The van der Waals surface area contributed by atoms with E-state index in [0.717, 1.165) is 18.2 Å². The molecule has 172 valence electrons. The van der Waals surface area contributed by atoms with Crippen LogP contribution >= 0.6 is 0 Å². The number of aryl methyl sites for hydroxylation is 2. The molecule has 0 fully saturated rings. The van der Waals surface area contributed by atoms with Gasteiger partial charge in [0.2, 0.25) is 0 Å². The molecular weight excluding hydrogens is 424 g/mol. The summed E-state index contributed by atoms with van der Waals surface area (Å²) in [5.74, 6) is 1.08. The molecule has 0 unspecified atom stereocenters. The largest absolute Gasteiger partial charge is 0.461 e. The van der Waals surface area contributed by atoms with E-state index in [1.54, 1.807) is 24.3 Å². The highest BCUT2D eigenvalue weighted by atomic mass is 16.5. The fourth-order valence-electron chi connectivity index (χ4n) is 4.28. The SMILES string of the molecule is CC(C)(C)C1=CC(=C(C#N)C#N)C=C(/C=C/c2cc3cc4c(cc3oc2=O)CCCCCC4)O1. The lowest BCUT2D eigenvalue weighted by Gasteiger charge is -2.26. The highest BCUT2D eigenvalue weighted by Gasteiger charge is 2.24. The van der Waals surface area contributed by atoms with Crippen molar-refractivity contribution < 1.29 is 9.15 Å². The van der Waals surface area contributed by atoms with Crippen LogP contribution in [0.25, 0.3) is 17.0 Å². The number of hydrogen-bond donors (Lipinski definition) is 0. The molecule has 0 bridgehead atoms. The van der Waals surface area contributed by atoms with E-state index in [2.05, 4.69) is 6.07 Å². The summed E-state index contributed by atoms with van der Waals surface area (Å²) in [7, 11) is 0. The van der Waals surface area contributed by atoms with Crippen molar-refractivity contribution in [3.05, 3.63) is 86.2 Å². The summed E-state index contributed by atoms with van der Waals surface area (Å²) in [6, 6.07) is 9.91. The van der Waals surface area contributed by atoms with Gasteiger partial charge in [-0.3, -0.25) is 0 Å². The van der Waals surface area contributed by atoms with Crippen LogP contribution in [0.5, 0.6) is 0 Å². The van der Waals surface area contributed by atoms with Crippen molar-refractivity contribution in [3.63, 3.8) is 0 Å². The van der Waals surface area contributed by atoms with Crippen molar-refractivity contribution >= 4 is 17.0 Å². The first-order chi connectivity index (χ1) is 16.3. The summed E-state index contributed by atoms with van der Waals surface area (Å²) in [5.41, 5.74) is 3.42. The molecule has 5 nitrogen and oxygen atoms in total. The van der Waals surface area contributed by atoms with E-state index in [-0.39, 0.29) is 11.0 Å². The van der Waals surface area contributed by atoms with E-state index in [4.69, 9.17) is 9.15 Å². The highest BCUT2D eigenvalue weighted by Crippen LogP contribution is 2.34. The second kappa shape index (κ2) is 9.57. The number of hydrogen-bond acceptors (Lipinski definition) is 5. The monoisotopic (exact) mass is 452 g/mol. The molecule has 0 saturated carbocycles. The van der Waals surface area contributed by atoms with Crippen LogP contribution < -0.4 is 5.63 Å². The van der Waals surface area contributed by atoms with Crippen LogP contribution in [-0.4, -0.2) is 0 Å². The lowest BCUT2D eigenvalue weighted by molar-refractivity contribution is 0.223. The predicted molar refractivity (Wildman–Crippen MR) is 132 cm³/mol. The summed E-state index contributed by atoms with van der Waals surface area (Å²) in [6.07, 6.45) is 13.6. The van der Waals surface area contributed by atoms with Crippen molar-refractivity contribution in [1.29, 1.82) is 10.5 Å². The van der Waals surface area contributed by atoms with Gasteiger partial charge in [-0.15, -0.1) is 0 Å². The molecule has 2 aromatic rings. The fourth-order valence-corrected chi connectivity index (χ4v) is 4.28. The van der Waals surface area contributed by atoms with Crippen molar-refractivity contribution in [2.45, 2.75) is 59.3 Å². The molecule has 2 heterocycles. The predicted octanol–water partition coefficient (Wildman–Crippen LogP) is 6.65. The molecular formula is C29H28N2O3. The topological polar surface area (TPSA) is 87.0 Å². The minimum Gasteiger partial charge on any atom is -0.461 e. The zero-order valence-electron chi connectivity index (χ0n) is 19.9. The number of allylic oxidation sites excluding steroid dienone is 6. The second-order valence-electron chi connectivity index (χ2n) is 9.86. The van der Waals surface area contributed by atoms with Crippen molar-refractivity contribution in [2.24, 2.45) is 5.41 Å². The second-order valence-corrected chi connectivity index (χ2v) is 9.86. The number of nitriles is 2. The molecule has 0 radical (unpaired) electrons. The number of benzene rings is 1. The molecule has 0 atom stereocenters. The van der Waals surface area contributed by atoms with E-state index >= 15 is 0 Å². The Kier molecular flexibility index (Phi) is 6.57. The van der Waals surface area contributed by atoms with Gasteiger partial charge in [0.05, 0.1) is 5.56 Å². The molecule has 0 amide bonds. The van der Waals surface area contributed by atoms with Crippen LogP contribution in [0.4, 0.5) is 0 Å². The van der Waals surface area contributed by atoms with Gasteiger partial charge in [-0.1, -0.05) is 33.6 Å². The number of rotatable bonds is 2. The van der Waals surface area contributed by atoms with Crippen LogP contribution in [0, 0.1) is 28.1 Å². The molecule has 1 aliphatic heterocycles. The van der Waals surface area contributed by atoms with Crippen LogP contribution in [0.15, 0.2) is 68.3 Å². The maximum absolute atomic E-state index is 12.7. The zero-order chi connectivity index (χ0) is 24.3. The third-order valence-corrected chi connectivity index (χ3v) is 6.21. The molecule has 1 aromatic carbocycles. The zero-order valence-corrected chi connectivity index (χ0v) is 19.9. The molecule has 1 aliphatic carbocycles. The van der Waals surface area contributed by atoms with E-state index in [1.807, 2.05) is 45.0 Å². The lowest BCUT2D eigenvalue weighted by atomic mass is 9.90. The molecule has 34 heavy (non-hydrogen) atoms. The van der Waals surface area contributed by atoms with Crippen LogP contribution in [0.1, 0.15) is 63.1 Å². The number of nitrogens with zero attached hydrogens (tertiary/aromatic N) is 2. The Morgan fingerprint density at radius 1 is 0.941 bits per heavy atom. The molecule has 0 spiro atoms. The van der Waals surface area contributed by atoms with Crippen molar-refractivity contribution in [1.82, 2.24) is 0 Å². The summed E-state index contributed by atoms with van der Waals surface area (Å²) in [5, 5.41) is 19.5. The molecule has 5 heteroatoms. The Morgan fingerprint density at radius 2 is 1.62 bits per heavy atom. The summed E-state index contributed by atoms with van der Waals surface area (Å²) in [6.45, 7) is 5.97. The fraction of sp³-hybridized carbons (Fsp3) is 0.345. The van der Waals surface area contributed by atoms with Crippen LogP contribution in [0.2, 0.25) is 0 Å². The van der Waals surface area contributed by atoms with Gasteiger partial charge in [0.1, 0.15) is 34.8 Å². The lowest BCUT2D eigenvalue weighted by Crippen LogP contribution is -2.15. The Morgan fingerprint density at radius 3 is 2.26 bits per heavy atom. The van der Waals surface area contributed by atoms with Crippen molar-refractivity contribution in [3.8, 4) is 12.1 Å². The van der Waals surface area contributed by atoms with E-state index in [9.17, 15) is 15.3 Å². The van der Waals surface area contributed by atoms with Gasteiger partial charge in [0, 0.05) is 16.4 Å². The first kappa shape index (κ1) is 23.3. The van der Waals surface area contributed by atoms with Gasteiger partial charge in [-0.25, -0.2) is 4.79 Å². The Balaban J connectivity index is 1.71. The van der Waals surface area contributed by atoms with E-state index in [1.165, 1.54) is 36.8 Å². The molecule has 2 aliphatic rings. The Hall–Kier alpha value is -3.83. The van der Waals surface area contributed by atoms with Gasteiger partial charge in [0.15, 0.2) is 0 Å². The molecule has 0 saturated heterocycles. The standard InChI is InChI=1S/C29H28N2O3/c1-29(2,3)27-16-22(24(17-30)18-31)14-25(33-27)11-10-21-13-23-12-19-8-6-4-5-7-9-20(19)15-26(23)34-28(21)32/h10-16H,4-9H2,1-3H3/b11-10+. The first-order valence-corrected chi connectivity index (χ1v) is 11.7. The van der Waals surface area contributed by atoms with E-state index in [0.29, 0.717) is 28.2 Å². The Labute approximate surface area is 200 Å². The summed E-state index contributed by atoms with van der Waals surface area (Å²) >= 11 is 0. The third kappa shape index (κ3) is 5.05. The Bertz CT molecular complexity index is 1380. The van der Waals surface area contributed by atoms with Gasteiger partial charge in [-0.05, 0) is 79.3 Å². The minimum absolute atomic E-state index is 0.0117. The number of ether oxygens (including phenoxy) is 1. The normalized spacial score (nSPS) is 16.4. The average Bonchev–Trinajstić information content (AvgIpc) is 2.78. The average molecular weight is 453 g/mol. The van der Waals surface area contributed by atoms with Gasteiger partial charge in [-0.2, -0.15) is 10.5 Å². The van der Waals surface area contributed by atoms with Crippen molar-refractivity contribution in [2.75, 3.05) is 0 Å².